The first-order valence-electron chi connectivity index (χ1n) is 10.8. The molecular weight excluding hydrogens is 396 g/mol. The Morgan fingerprint density at radius 3 is 2.53 bits per heavy atom. The lowest BCUT2D eigenvalue weighted by Gasteiger charge is -2.31. The van der Waals surface area contributed by atoms with Gasteiger partial charge in [-0.25, -0.2) is 12.7 Å². The van der Waals surface area contributed by atoms with Gasteiger partial charge in [0.2, 0.25) is 15.9 Å². The van der Waals surface area contributed by atoms with Crippen molar-refractivity contribution >= 4 is 21.6 Å². The van der Waals surface area contributed by atoms with Crippen molar-refractivity contribution in [2.75, 3.05) is 24.2 Å². The molecule has 2 aromatic carbocycles. The van der Waals surface area contributed by atoms with Gasteiger partial charge in [0.1, 0.15) is 0 Å². The van der Waals surface area contributed by atoms with E-state index in [1.54, 1.807) is 0 Å². The molecule has 0 aliphatic carbocycles. The largest absolute Gasteiger partial charge is 0.326 e. The lowest BCUT2D eigenvalue weighted by atomic mass is 9.97. The molecule has 1 heterocycles. The van der Waals surface area contributed by atoms with Gasteiger partial charge in [0, 0.05) is 18.8 Å². The Morgan fingerprint density at radius 1 is 1.10 bits per heavy atom. The van der Waals surface area contributed by atoms with E-state index >= 15 is 0 Å². The van der Waals surface area contributed by atoms with Gasteiger partial charge in [-0.3, -0.25) is 4.79 Å². The van der Waals surface area contributed by atoms with Gasteiger partial charge in [-0.2, -0.15) is 0 Å². The van der Waals surface area contributed by atoms with Crippen LogP contribution in [0, 0.1) is 5.92 Å². The molecule has 1 aliphatic rings. The smallest absolute Gasteiger partial charge is 0.228 e. The van der Waals surface area contributed by atoms with Gasteiger partial charge < -0.3 is 5.32 Å². The normalized spacial score (nSPS) is 17.8. The molecule has 3 rings (SSSR count). The molecule has 0 spiro atoms. The zero-order valence-corrected chi connectivity index (χ0v) is 18.7. The van der Waals surface area contributed by atoms with Crippen molar-refractivity contribution in [2.24, 2.45) is 5.92 Å². The summed E-state index contributed by atoms with van der Waals surface area (Å²) < 4.78 is 27.2. The maximum atomic E-state index is 12.9. The van der Waals surface area contributed by atoms with E-state index in [1.807, 2.05) is 54.6 Å². The zero-order valence-electron chi connectivity index (χ0n) is 17.9. The molecule has 30 heavy (non-hydrogen) atoms. The zero-order chi connectivity index (χ0) is 21.6. The van der Waals surface area contributed by atoms with E-state index in [2.05, 4.69) is 19.2 Å². The van der Waals surface area contributed by atoms with E-state index in [4.69, 9.17) is 0 Å². The first-order valence-corrected chi connectivity index (χ1v) is 12.4. The van der Waals surface area contributed by atoms with Crippen molar-refractivity contribution in [1.29, 1.82) is 0 Å². The molecule has 2 aromatic rings. The Morgan fingerprint density at radius 2 is 1.80 bits per heavy atom. The van der Waals surface area contributed by atoms with Crippen molar-refractivity contribution in [2.45, 2.75) is 45.4 Å². The highest BCUT2D eigenvalue weighted by atomic mass is 32.2. The van der Waals surface area contributed by atoms with Crippen molar-refractivity contribution in [3.63, 3.8) is 0 Å². The lowest BCUT2D eigenvalue weighted by molar-refractivity contribution is -0.120. The van der Waals surface area contributed by atoms with Gasteiger partial charge in [-0.1, -0.05) is 62.4 Å². The number of anilines is 1. The van der Waals surface area contributed by atoms with E-state index in [9.17, 15) is 13.2 Å². The quantitative estimate of drug-likeness (QED) is 0.677. The number of sulfonamides is 1. The van der Waals surface area contributed by atoms with Crippen LogP contribution in [0.1, 0.15) is 50.2 Å². The summed E-state index contributed by atoms with van der Waals surface area (Å²) >= 11 is 0. The van der Waals surface area contributed by atoms with Crippen molar-refractivity contribution in [3.05, 3.63) is 65.7 Å². The second-order valence-electron chi connectivity index (χ2n) is 8.33. The number of carbonyl (C=O) groups excluding carboxylic acids is 1. The summed E-state index contributed by atoms with van der Waals surface area (Å²) in [4.78, 5) is 12.9. The molecule has 1 atom stereocenters. The van der Waals surface area contributed by atoms with E-state index in [0.29, 0.717) is 31.7 Å². The van der Waals surface area contributed by atoms with E-state index in [0.717, 1.165) is 23.2 Å². The molecule has 1 unspecified atom stereocenters. The van der Waals surface area contributed by atoms with Gasteiger partial charge in [0.05, 0.1) is 11.7 Å². The molecule has 0 aromatic heterocycles. The fourth-order valence-electron chi connectivity index (χ4n) is 3.99. The number of piperidine rings is 1. The Hall–Kier alpha value is -2.18. The third-order valence-electron chi connectivity index (χ3n) is 5.70. The van der Waals surface area contributed by atoms with Crippen molar-refractivity contribution < 1.29 is 13.2 Å². The number of amides is 1. The number of aryl methyl sites for hydroxylation is 1. The van der Waals surface area contributed by atoms with Crippen LogP contribution >= 0.6 is 0 Å². The van der Waals surface area contributed by atoms with Crippen LogP contribution in [0.15, 0.2) is 54.6 Å². The molecule has 1 amide bonds. The van der Waals surface area contributed by atoms with E-state index < -0.39 is 10.0 Å². The highest BCUT2D eigenvalue weighted by Gasteiger charge is 2.32. The predicted octanol–water partition coefficient (Wildman–Crippen LogP) is 4.42. The SMILES string of the molecule is CC(C)c1ccccc1NC(=O)C1CCCN(S(=O)(=O)CCCc2ccccc2)C1. The monoisotopic (exact) mass is 428 g/mol. The minimum absolute atomic E-state index is 0.0905. The summed E-state index contributed by atoms with van der Waals surface area (Å²) in [5.74, 6) is 0.0105. The van der Waals surface area contributed by atoms with Crippen LogP contribution in [0.5, 0.6) is 0 Å². The number of para-hydroxylation sites is 1. The molecule has 1 fully saturated rings. The molecule has 6 heteroatoms. The molecular formula is C24H32N2O3S. The highest BCUT2D eigenvalue weighted by Crippen LogP contribution is 2.26. The van der Waals surface area contributed by atoms with Crippen LogP contribution in [0.25, 0.3) is 0 Å². The van der Waals surface area contributed by atoms with Gasteiger partial charge in [0.25, 0.3) is 0 Å². The minimum Gasteiger partial charge on any atom is -0.326 e. The van der Waals surface area contributed by atoms with Crippen LogP contribution in [0.4, 0.5) is 5.69 Å². The number of carbonyl (C=O) groups is 1. The highest BCUT2D eigenvalue weighted by molar-refractivity contribution is 7.89. The maximum absolute atomic E-state index is 12.9. The molecule has 162 valence electrons. The second kappa shape index (κ2) is 10.2. The van der Waals surface area contributed by atoms with Crippen LogP contribution in [-0.4, -0.2) is 37.5 Å². The number of nitrogens with one attached hydrogen (secondary N) is 1. The number of hydrogen-bond acceptors (Lipinski definition) is 3. The molecule has 0 bridgehead atoms. The molecule has 0 radical (unpaired) electrons. The van der Waals surface area contributed by atoms with Gasteiger partial charge in [-0.15, -0.1) is 0 Å². The summed E-state index contributed by atoms with van der Waals surface area (Å²) in [6.45, 7) is 4.95. The van der Waals surface area contributed by atoms with Crippen LogP contribution in [0.3, 0.4) is 0 Å². The molecule has 1 N–H and O–H groups in total. The summed E-state index contributed by atoms with van der Waals surface area (Å²) in [6.07, 6.45) is 2.75. The summed E-state index contributed by atoms with van der Waals surface area (Å²) in [5.41, 5.74) is 3.06. The Bertz CT molecular complexity index is 942. The summed E-state index contributed by atoms with van der Waals surface area (Å²) in [6, 6.07) is 17.7. The average molecular weight is 429 g/mol. The first kappa shape index (κ1) is 22.5. The third-order valence-corrected chi connectivity index (χ3v) is 7.62. The van der Waals surface area contributed by atoms with Gasteiger partial charge in [0.15, 0.2) is 0 Å². The van der Waals surface area contributed by atoms with E-state index in [-0.39, 0.29) is 24.1 Å². The average Bonchev–Trinajstić information content (AvgIpc) is 2.74. The fourth-order valence-corrected chi connectivity index (χ4v) is 5.57. The minimum atomic E-state index is -3.36. The van der Waals surface area contributed by atoms with Crippen LogP contribution in [0.2, 0.25) is 0 Å². The van der Waals surface area contributed by atoms with Crippen LogP contribution in [-0.2, 0) is 21.2 Å². The third kappa shape index (κ3) is 5.92. The van der Waals surface area contributed by atoms with Crippen molar-refractivity contribution in [1.82, 2.24) is 4.31 Å². The number of hydrogen-bond donors (Lipinski definition) is 1. The van der Waals surface area contributed by atoms with E-state index in [1.165, 1.54) is 4.31 Å². The maximum Gasteiger partial charge on any atom is 0.228 e. The van der Waals surface area contributed by atoms with Gasteiger partial charge >= 0.3 is 0 Å². The lowest BCUT2D eigenvalue weighted by Crippen LogP contribution is -2.44. The number of nitrogens with zero attached hydrogens (tertiary/aromatic N) is 1. The van der Waals surface area contributed by atoms with Crippen LogP contribution < -0.4 is 5.32 Å². The topological polar surface area (TPSA) is 66.5 Å². The predicted molar refractivity (Wildman–Crippen MR) is 122 cm³/mol. The summed E-state index contributed by atoms with van der Waals surface area (Å²) in [5, 5.41) is 3.04. The first-order chi connectivity index (χ1) is 14.4. The standard InChI is InChI=1S/C24H32N2O3S/c1-19(2)22-14-6-7-15-23(22)25-24(27)21-13-8-16-26(18-21)30(28,29)17-9-12-20-10-4-3-5-11-20/h3-7,10-11,14-15,19,21H,8-9,12-13,16-18H2,1-2H3,(H,25,27). The molecule has 1 saturated heterocycles. The Balaban J connectivity index is 1.58. The Kier molecular flexibility index (Phi) is 7.67. The van der Waals surface area contributed by atoms with Gasteiger partial charge in [-0.05, 0) is 48.8 Å². The molecule has 5 nitrogen and oxygen atoms in total. The second-order valence-corrected chi connectivity index (χ2v) is 10.4. The number of benzene rings is 2. The Labute approximate surface area is 180 Å². The number of rotatable bonds is 8. The summed E-state index contributed by atoms with van der Waals surface area (Å²) in [7, 11) is -3.36. The van der Waals surface area contributed by atoms with Crippen molar-refractivity contribution in [3.8, 4) is 0 Å². The fraction of sp³-hybridized carbons (Fsp3) is 0.458. The molecule has 0 saturated carbocycles. The molecule has 1 aliphatic heterocycles.